The van der Waals surface area contributed by atoms with E-state index in [2.05, 4.69) is 69.5 Å². The van der Waals surface area contributed by atoms with E-state index in [4.69, 9.17) is 0 Å². The van der Waals surface area contributed by atoms with Gasteiger partial charge in [0.25, 0.3) is 0 Å². The third-order valence-electron chi connectivity index (χ3n) is 4.08. The third kappa shape index (κ3) is 7.70. The molecular weight excluding hydrogens is 252 g/mol. The lowest BCUT2D eigenvalue weighted by molar-refractivity contribution is 0.440. The summed E-state index contributed by atoms with van der Waals surface area (Å²) in [6.45, 7) is 14.7. The molecular formula is C21H30. The van der Waals surface area contributed by atoms with Crippen molar-refractivity contribution in [3.63, 3.8) is 0 Å². The van der Waals surface area contributed by atoms with Crippen molar-refractivity contribution in [2.45, 2.75) is 46.5 Å². The highest BCUT2D eigenvalue weighted by Crippen LogP contribution is 2.22. The fourth-order valence-corrected chi connectivity index (χ4v) is 2.34. The van der Waals surface area contributed by atoms with Gasteiger partial charge in [0.1, 0.15) is 0 Å². The van der Waals surface area contributed by atoms with Crippen LogP contribution in [-0.2, 0) is 6.42 Å². The Hall–Kier alpha value is -1.56. The average molecular weight is 282 g/mol. The highest BCUT2D eigenvalue weighted by molar-refractivity contribution is 5.24. The monoisotopic (exact) mass is 282 g/mol. The summed E-state index contributed by atoms with van der Waals surface area (Å²) in [4.78, 5) is 0. The van der Waals surface area contributed by atoms with Gasteiger partial charge in [0.05, 0.1) is 0 Å². The molecule has 0 fully saturated rings. The first-order valence-electron chi connectivity index (χ1n) is 8.05. The number of rotatable bonds is 9. The number of allylic oxidation sites excluding steroid dienone is 4. The van der Waals surface area contributed by atoms with Gasteiger partial charge in [-0.15, -0.1) is 0 Å². The lowest BCUT2D eigenvalue weighted by Crippen LogP contribution is -2.03. The number of benzene rings is 1. The van der Waals surface area contributed by atoms with E-state index >= 15 is 0 Å². The zero-order valence-corrected chi connectivity index (χ0v) is 13.9. The lowest BCUT2D eigenvalue weighted by Gasteiger charge is -2.16. The van der Waals surface area contributed by atoms with E-state index in [1.807, 2.05) is 6.92 Å². The van der Waals surface area contributed by atoms with Crippen LogP contribution in [0.15, 0.2) is 66.8 Å². The molecule has 0 radical (unpaired) electrons. The van der Waals surface area contributed by atoms with Crippen LogP contribution in [0.5, 0.6) is 0 Å². The van der Waals surface area contributed by atoms with Crippen LogP contribution in [0.3, 0.4) is 0 Å². The van der Waals surface area contributed by atoms with Crippen LogP contribution in [0.2, 0.25) is 0 Å². The molecule has 0 saturated carbocycles. The Morgan fingerprint density at radius 1 is 1.00 bits per heavy atom. The van der Waals surface area contributed by atoms with Crippen LogP contribution >= 0.6 is 0 Å². The second-order valence-corrected chi connectivity index (χ2v) is 6.36. The van der Waals surface area contributed by atoms with Gasteiger partial charge >= 0.3 is 0 Å². The van der Waals surface area contributed by atoms with Crippen molar-refractivity contribution in [2.75, 3.05) is 0 Å². The SMILES string of the molecule is C=C(C)/C=C\C(=C)C(C)CCC(C)CCc1ccccc1. The van der Waals surface area contributed by atoms with E-state index in [1.165, 1.54) is 36.8 Å². The Bertz CT molecular complexity index is 464. The summed E-state index contributed by atoms with van der Waals surface area (Å²) in [5.41, 5.74) is 3.75. The van der Waals surface area contributed by atoms with Crippen molar-refractivity contribution in [1.29, 1.82) is 0 Å². The van der Waals surface area contributed by atoms with Gasteiger partial charge < -0.3 is 0 Å². The summed E-state index contributed by atoms with van der Waals surface area (Å²) in [5.74, 6) is 1.32. The molecule has 21 heavy (non-hydrogen) atoms. The van der Waals surface area contributed by atoms with E-state index in [9.17, 15) is 0 Å². The minimum Gasteiger partial charge on any atom is -0.0961 e. The Morgan fingerprint density at radius 2 is 1.67 bits per heavy atom. The molecule has 0 heterocycles. The van der Waals surface area contributed by atoms with Crippen LogP contribution in [0.4, 0.5) is 0 Å². The second-order valence-electron chi connectivity index (χ2n) is 6.36. The summed E-state index contributed by atoms with van der Waals surface area (Å²) in [6.07, 6.45) is 9.11. The smallest absolute Gasteiger partial charge is 0.0196 e. The molecule has 1 aromatic rings. The molecule has 2 unspecified atom stereocenters. The Labute approximate surface area is 131 Å². The maximum atomic E-state index is 4.17. The second kappa shape index (κ2) is 9.39. The quantitative estimate of drug-likeness (QED) is 0.462. The fourth-order valence-electron chi connectivity index (χ4n) is 2.34. The van der Waals surface area contributed by atoms with Crippen molar-refractivity contribution in [3.05, 3.63) is 72.4 Å². The van der Waals surface area contributed by atoms with Gasteiger partial charge in [-0.1, -0.05) is 87.1 Å². The van der Waals surface area contributed by atoms with E-state index in [0.717, 1.165) is 11.5 Å². The molecule has 1 aromatic carbocycles. The van der Waals surface area contributed by atoms with Gasteiger partial charge in [0.2, 0.25) is 0 Å². The van der Waals surface area contributed by atoms with Crippen molar-refractivity contribution in [3.8, 4) is 0 Å². The highest BCUT2D eigenvalue weighted by Gasteiger charge is 2.08. The first kappa shape index (κ1) is 17.5. The molecule has 0 nitrogen and oxygen atoms in total. The van der Waals surface area contributed by atoms with Gasteiger partial charge in [-0.2, -0.15) is 0 Å². The predicted molar refractivity (Wildman–Crippen MR) is 95.4 cm³/mol. The van der Waals surface area contributed by atoms with Crippen molar-refractivity contribution in [2.24, 2.45) is 11.8 Å². The van der Waals surface area contributed by atoms with Crippen molar-refractivity contribution >= 4 is 0 Å². The molecule has 0 heteroatoms. The van der Waals surface area contributed by atoms with Gasteiger partial charge in [-0.3, -0.25) is 0 Å². The van der Waals surface area contributed by atoms with Gasteiger partial charge in [-0.25, -0.2) is 0 Å². The van der Waals surface area contributed by atoms with Crippen LogP contribution < -0.4 is 0 Å². The minimum absolute atomic E-state index is 0.555. The number of hydrogen-bond acceptors (Lipinski definition) is 0. The summed E-state index contributed by atoms with van der Waals surface area (Å²) >= 11 is 0. The summed E-state index contributed by atoms with van der Waals surface area (Å²) < 4.78 is 0. The van der Waals surface area contributed by atoms with Crippen LogP contribution in [0.25, 0.3) is 0 Å². The van der Waals surface area contributed by atoms with Crippen LogP contribution in [0, 0.1) is 11.8 Å². The molecule has 0 aliphatic heterocycles. The molecule has 0 bridgehead atoms. The topological polar surface area (TPSA) is 0 Å². The first-order chi connectivity index (χ1) is 9.99. The summed E-state index contributed by atoms with van der Waals surface area (Å²) in [7, 11) is 0. The Balaban J connectivity index is 2.27. The Morgan fingerprint density at radius 3 is 2.29 bits per heavy atom. The largest absolute Gasteiger partial charge is 0.0961 e. The zero-order valence-electron chi connectivity index (χ0n) is 13.9. The van der Waals surface area contributed by atoms with Crippen molar-refractivity contribution < 1.29 is 0 Å². The summed E-state index contributed by atoms with van der Waals surface area (Å²) in [5, 5.41) is 0. The van der Waals surface area contributed by atoms with Gasteiger partial charge in [-0.05, 0) is 43.6 Å². The lowest BCUT2D eigenvalue weighted by atomic mass is 9.90. The van der Waals surface area contributed by atoms with E-state index < -0.39 is 0 Å². The standard InChI is InChI=1S/C21H30/c1-17(2)11-14-19(4)20(5)15-12-18(3)13-16-21-9-7-6-8-10-21/h6-11,14,18,20H,1,4,12-13,15-16H2,2-3,5H3/b14-11-. The molecule has 1 rings (SSSR count). The Kier molecular flexibility index (Phi) is 7.82. The average Bonchev–Trinajstić information content (AvgIpc) is 2.49. The number of aryl methyl sites for hydroxylation is 1. The summed E-state index contributed by atoms with van der Waals surface area (Å²) in [6, 6.07) is 10.8. The minimum atomic E-state index is 0.555. The van der Waals surface area contributed by atoms with E-state index in [-0.39, 0.29) is 0 Å². The van der Waals surface area contributed by atoms with E-state index in [0.29, 0.717) is 5.92 Å². The fraction of sp³-hybridized carbons (Fsp3) is 0.429. The highest BCUT2D eigenvalue weighted by atomic mass is 14.1. The van der Waals surface area contributed by atoms with Crippen LogP contribution in [-0.4, -0.2) is 0 Å². The van der Waals surface area contributed by atoms with Gasteiger partial charge in [0, 0.05) is 0 Å². The third-order valence-corrected chi connectivity index (χ3v) is 4.08. The molecule has 0 aromatic heterocycles. The normalized spacial score (nSPS) is 14.0. The number of hydrogen-bond donors (Lipinski definition) is 0. The molecule has 0 amide bonds. The van der Waals surface area contributed by atoms with Crippen LogP contribution in [0.1, 0.15) is 45.6 Å². The van der Waals surface area contributed by atoms with E-state index in [1.54, 1.807) is 0 Å². The molecule has 0 spiro atoms. The molecule has 0 aliphatic rings. The van der Waals surface area contributed by atoms with Crippen molar-refractivity contribution in [1.82, 2.24) is 0 Å². The predicted octanol–water partition coefficient (Wildman–Crippen LogP) is 6.36. The molecule has 114 valence electrons. The molecule has 0 aliphatic carbocycles. The first-order valence-corrected chi connectivity index (χ1v) is 8.05. The maximum Gasteiger partial charge on any atom is -0.0196 e. The molecule has 0 N–H and O–H groups in total. The molecule has 2 atom stereocenters. The maximum absolute atomic E-state index is 4.17. The van der Waals surface area contributed by atoms with Gasteiger partial charge in [0.15, 0.2) is 0 Å². The molecule has 0 saturated heterocycles. The zero-order chi connectivity index (χ0) is 15.7.